The number of carbonyl (C=O) groups excluding carboxylic acids is 4. The Bertz CT molecular complexity index is 941. The maximum atomic E-state index is 12.9. The zero-order valence-electron chi connectivity index (χ0n) is 17.3. The lowest BCUT2D eigenvalue weighted by atomic mass is 9.87. The van der Waals surface area contributed by atoms with Gasteiger partial charge in [0.1, 0.15) is 0 Å². The van der Waals surface area contributed by atoms with E-state index in [-0.39, 0.29) is 18.9 Å². The van der Waals surface area contributed by atoms with Gasteiger partial charge in [-0.2, -0.15) is 0 Å². The second kappa shape index (κ2) is 10.2. The standard InChI is InChI=1S/C22H24N2O6S/c1-3-29-22(28)23-18(25)13-30-21(27)16-10-11-19(26)24(15-8-6-14(2)7-9-15)20(16)17-5-4-12-31-17/h4-9,12,16,20H,3,10-11,13H2,1-2H3,(H,23,25,28)/t16-,20-/m1/s1. The van der Waals surface area contributed by atoms with Crippen LogP contribution >= 0.6 is 11.3 Å². The minimum Gasteiger partial charge on any atom is -0.455 e. The molecule has 1 aliphatic rings. The molecule has 8 nitrogen and oxygen atoms in total. The molecule has 2 heterocycles. The summed E-state index contributed by atoms with van der Waals surface area (Å²) in [6.45, 7) is 3.08. The van der Waals surface area contributed by atoms with Crippen LogP contribution in [-0.2, 0) is 23.9 Å². The van der Waals surface area contributed by atoms with Crippen LogP contribution in [0.1, 0.15) is 36.2 Å². The van der Waals surface area contributed by atoms with Crippen molar-refractivity contribution >= 4 is 40.9 Å². The monoisotopic (exact) mass is 444 g/mol. The molecule has 1 aliphatic heterocycles. The van der Waals surface area contributed by atoms with E-state index < -0.39 is 36.5 Å². The molecule has 0 unspecified atom stereocenters. The molecule has 0 saturated carbocycles. The van der Waals surface area contributed by atoms with Gasteiger partial charge in [0.15, 0.2) is 6.61 Å². The fourth-order valence-corrected chi connectivity index (χ4v) is 4.38. The third-order valence-corrected chi connectivity index (χ3v) is 5.85. The number of hydrogen-bond acceptors (Lipinski definition) is 7. The molecule has 0 aliphatic carbocycles. The third kappa shape index (κ3) is 5.49. The number of thiophene rings is 1. The number of nitrogens with zero attached hydrogens (tertiary/aromatic N) is 1. The van der Waals surface area contributed by atoms with Crippen LogP contribution in [0.4, 0.5) is 10.5 Å². The Morgan fingerprint density at radius 1 is 1.16 bits per heavy atom. The van der Waals surface area contributed by atoms with Gasteiger partial charge in [0.05, 0.1) is 18.6 Å². The van der Waals surface area contributed by atoms with Gasteiger partial charge in [-0.25, -0.2) is 4.79 Å². The van der Waals surface area contributed by atoms with Crippen LogP contribution < -0.4 is 10.2 Å². The first-order valence-electron chi connectivity index (χ1n) is 9.96. The molecule has 0 radical (unpaired) electrons. The number of ether oxygens (including phenoxy) is 2. The molecule has 2 aromatic rings. The Balaban J connectivity index is 1.79. The van der Waals surface area contributed by atoms with Crippen molar-refractivity contribution < 1.29 is 28.7 Å². The molecular formula is C22H24N2O6S. The van der Waals surface area contributed by atoms with E-state index in [0.29, 0.717) is 12.1 Å². The first-order valence-corrected chi connectivity index (χ1v) is 10.8. The number of benzene rings is 1. The van der Waals surface area contributed by atoms with Gasteiger partial charge in [-0.3, -0.25) is 19.7 Å². The van der Waals surface area contributed by atoms with Crippen molar-refractivity contribution in [3.05, 3.63) is 52.2 Å². The second-order valence-corrected chi connectivity index (χ2v) is 8.06. The van der Waals surface area contributed by atoms with Crippen molar-refractivity contribution in [1.29, 1.82) is 0 Å². The molecular weight excluding hydrogens is 420 g/mol. The number of carbonyl (C=O) groups is 4. The first kappa shape index (κ1) is 22.5. The minimum atomic E-state index is -0.895. The van der Waals surface area contributed by atoms with Crippen molar-refractivity contribution in [3.8, 4) is 0 Å². The number of aryl methyl sites for hydroxylation is 1. The van der Waals surface area contributed by atoms with E-state index in [1.54, 1.807) is 11.8 Å². The van der Waals surface area contributed by atoms with Crippen molar-refractivity contribution in [2.45, 2.75) is 32.7 Å². The molecule has 1 saturated heterocycles. The molecule has 1 aromatic heterocycles. The summed E-state index contributed by atoms with van der Waals surface area (Å²) in [5.74, 6) is -2.09. The predicted octanol–water partition coefficient (Wildman–Crippen LogP) is 3.36. The van der Waals surface area contributed by atoms with E-state index in [0.717, 1.165) is 10.4 Å². The minimum absolute atomic E-state index is 0.0774. The van der Waals surface area contributed by atoms with Crippen LogP contribution in [0, 0.1) is 12.8 Å². The van der Waals surface area contributed by atoms with Crippen LogP contribution in [0.5, 0.6) is 0 Å². The lowest BCUT2D eigenvalue weighted by Crippen LogP contribution is -2.46. The molecule has 9 heteroatoms. The smallest absolute Gasteiger partial charge is 0.413 e. The van der Waals surface area contributed by atoms with Gasteiger partial charge in [-0.1, -0.05) is 23.8 Å². The molecule has 3 amide bonds. The Hall–Kier alpha value is -3.20. The molecule has 0 spiro atoms. The number of esters is 1. The Labute approximate surface area is 184 Å². The lowest BCUT2D eigenvalue weighted by Gasteiger charge is -2.39. The second-order valence-electron chi connectivity index (χ2n) is 7.08. The average Bonchev–Trinajstić information content (AvgIpc) is 3.27. The van der Waals surface area contributed by atoms with Crippen LogP contribution in [0.25, 0.3) is 0 Å². The summed E-state index contributed by atoms with van der Waals surface area (Å²) >= 11 is 1.45. The Morgan fingerprint density at radius 2 is 1.90 bits per heavy atom. The summed E-state index contributed by atoms with van der Waals surface area (Å²) in [5.41, 5.74) is 1.76. The van der Waals surface area contributed by atoms with Gasteiger partial charge in [0, 0.05) is 17.0 Å². The van der Waals surface area contributed by atoms with Gasteiger partial charge >= 0.3 is 12.1 Å². The maximum Gasteiger partial charge on any atom is 0.413 e. The summed E-state index contributed by atoms with van der Waals surface area (Å²) < 4.78 is 9.83. The Kier molecular flexibility index (Phi) is 7.41. The van der Waals surface area contributed by atoms with Crippen molar-refractivity contribution in [1.82, 2.24) is 5.32 Å². The highest BCUT2D eigenvalue weighted by Gasteiger charge is 2.43. The van der Waals surface area contributed by atoms with Gasteiger partial charge in [-0.15, -0.1) is 11.3 Å². The van der Waals surface area contributed by atoms with Crippen molar-refractivity contribution in [2.75, 3.05) is 18.1 Å². The number of nitrogens with one attached hydrogen (secondary N) is 1. The Morgan fingerprint density at radius 3 is 2.55 bits per heavy atom. The number of rotatable bonds is 6. The van der Waals surface area contributed by atoms with Gasteiger partial charge in [-0.05, 0) is 43.8 Å². The van der Waals surface area contributed by atoms with E-state index in [1.807, 2.05) is 54.0 Å². The molecule has 1 fully saturated rings. The fraction of sp³-hybridized carbons (Fsp3) is 0.364. The zero-order chi connectivity index (χ0) is 22.4. The number of alkyl carbamates (subject to hydrolysis) is 1. The largest absolute Gasteiger partial charge is 0.455 e. The summed E-state index contributed by atoms with van der Waals surface area (Å²) in [5, 5.41) is 3.87. The highest BCUT2D eigenvalue weighted by molar-refractivity contribution is 7.10. The molecule has 0 bridgehead atoms. The quantitative estimate of drug-likeness (QED) is 0.686. The normalized spacial score (nSPS) is 18.4. The van der Waals surface area contributed by atoms with Crippen LogP contribution in [0.15, 0.2) is 41.8 Å². The van der Waals surface area contributed by atoms with Crippen LogP contribution in [-0.4, -0.2) is 37.1 Å². The molecule has 1 aromatic carbocycles. The molecule has 3 rings (SSSR count). The van der Waals surface area contributed by atoms with Crippen LogP contribution in [0.3, 0.4) is 0 Å². The fourth-order valence-electron chi connectivity index (χ4n) is 3.49. The molecule has 31 heavy (non-hydrogen) atoms. The molecule has 2 atom stereocenters. The average molecular weight is 445 g/mol. The predicted molar refractivity (Wildman–Crippen MR) is 115 cm³/mol. The van der Waals surface area contributed by atoms with E-state index in [1.165, 1.54) is 11.3 Å². The first-order chi connectivity index (χ1) is 14.9. The maximum absolute atomic E-state index is 12.9. The lowest BCUT2D eigenvalue weighted by molar-refractivity contribution is -0.154. The van der Waals surface area contributed by atoms with Crippen molar-refractivity contribution in [2.24, 2.45) is 5.92 Å². The van der Waals surface area contributed by atoms with E-state index in [9.17, 15) is 19.2 Å². The number of amides is 3. The zero-order valence-corrected chi connectivity index (χ0v) is 18.1. The van der Waals surface area contributed by atoms with Crippen molar-refractivity contribution in [3.63, 3.8) is 0 Å². The SMILES string of the molecule is CCOC(=O)NC(=O)COC(=O)[C@@H]1CCC(=O)N(c2ccc(C)cc2)[C@H]1c1cccs1. The molecule has 164 valence electrons. The highest BCUT2D eigenvalue weighted by atomic mass is 32.1. The van der Waals surface area contributed by atoms with Gasteiger partial charge < -0.3 is 14.4 Å². The van der Waals surface area contributed by atoms with Crippen LogP contribution in [0.2, 0.25) is 0 Å². The number of hydrogen-bond donors (Lipinski definition) is 1. The highest BCUT2D eigenvalue weighted by Crippen LogP contribution is 2.42. The number of anilines is 1. The van der Waals surface area contributed by atoms with E-state index in [2.05, 4.69) is 4.74 Å². The molecule has 1 N–H and O–H groups in total. The number of imide groups is 1. The number of piperidine rings is 1. The van der Waals surface area contributed by atoms with Gasteiger partial charge in [0.2, 0.25) is 5.91 Å². The topological polar surface area (TPSA) is 102 Å². The summed E-state index contributed by atoms with van der Waals surface area (Å²) in [4.78, 5) is 51.4. The third-order valence-electron chi connectivity index (χ3n) is 4.91. The summed E-state index contributed by atoms with van der Waals surface area (Å²) in [6.07, 6.45) is -0.402. The van der Waals surface area contributed by atoms with E-state index >= 15 is 0 Å². The van der Waals surface area contributed by atoms with Gasteiger partial charge in [0.25, 0.3) is 5.91 Å². The van der Waals surface area contributed by atoms with E-state index in [4.69, 9.17) is 4.74 Å². The summed E-state index contributed by atoms with van der Waals surface area (Å²) in [6, 6.07) is 10.7. The summed E-state index contributed by atoms with van der Waals surface area (Å²) in [7, 11) is 0.